The molecule has 0 aromatic heterocycles. The van der Waals surface area contributed by atoms with Crippen molar-refractivity contribution in [3.63, 3.8) is 0 Å². The molecule has 0 fully saturated rings. The molecule has 0 radical (unpaired) electrons. The topological polar surface area (TPSA) is 20.3 Å². The maximum absolute atomic E-state index is 12.7. The Morgan fingerprint density at radius 1 is 1.14 bits per heavy atom. The van der Waals surface area contributed by atoms with Crippen molar-refractivity contribution >= 4 is 23.4 Å². The number of hydrogen-bond acceptors (Lipinski definition) is 2. The Kier molecular flexibility index (Phi) is 5.64. The second kappa shape index (κ2) is 7.70. The van der Waals surface area contributed by atoms with Crippen LogP contribution in [0.5, 0.6) is 0 Å². The maximum atomic E-state index is 12.7. The Balaban J connectivity index is 2.24. The first-order chi connectivity index (χ1) is 10.3. The van der Waals surface area contributed by atoms with Gasteiger partial charge < -0.3 is 4.90 Å². The Labute approximate surface area is 130 Å². The zero-order chi connectivity index (χ0) is 15.1. The van der Waals surface area contributed by atoms with Gasteiger partial charge in [0.15, 0.2) is 0 Å². The van der Waals surface area contributed by atoms with Crippen LogP contribution in [-0.2, 0) is 5.75 Å². The van der Waals surface area contributed by atoms with Gasteiger partial charge in [0.1, 0.15) is 0 Å². The van der Waals surface area contributed by atoms with E-state index in [1.54, 1.807) is 22.7 Å². The molecule has 0 heterocycles. The molecule has 108 valence electrons. The van der Waals surface area contributed by atoms with Crippen LogP contribution in [0.15, 0.2) is 67.3 Å². The van der Waals surface area contributed by atoms with Crippen LogP contribution in [0.2, 0.25) is 0 Å². The minimum absolute atomic E-state index is 0.00296. The van der Waals surface area contributed by atoms with Gasteiger partial charge in [-0.25, -0.2) is 0 Å². The van der Waals surface area contributed by atoms with Crippen LogP contribution in [0.3, 0.4) is 0 Å². The van der Waals surface area contributed by atoms with Crippen LogP contribution in [0.4, 0.5) is 5.69 Å². The second-order valence-corrected chi connectivity index (χ2v) is 5.54. The standard InChI is InChI=1S/C18H19NOS/c1-3-13-19(17-7-5-4-6-8-17)18(20)16-11-9-15(10-12-16)14-21-2/h3-12H,1,13-14H2,2H3. The van der Waals surface area contributed by atoms with Crippen molar-refractivity contribution in [1.82, 2.24) is 0 Å². The lowest BCUT2D eigenvalue weighted by molar-refractivity contribution is 0.0989. The SMILES string of the molecule is C=CCN(C(=O)c1ccc(CSC)cc1)c1ccccc1. The van der Waals surface area contributed by atoms with Gasteiger partial charge >= 0.3 is 0 Å². The van der Waals surface area contributed by atoms with Gasteiger partial charge in [0.2, 0.25) is 0 Å². The first-order valence-electron chi connectivity index (χ1n) is 6.82. The van der Waals surface area contributed by atoms with Crippen LogP contribution in [-0.4, -0.2) is 18.7 Å². The van der Waals surface area contributed by atoms with Crippen LogP contribution in [0, 0.1) is 0 Å². The molecule has 0 unspecified atom stereocenters. The van der Waals surface area contributed by atoms with Crippen molar-refractivity contribution in [3.05, 3.63) is 78.4 Å². The number of carbonyl (C=O) groups excluding carboxylic acids is 1. The highest BCUT2D eigenvalue weighted by atomic mass is 32.2. The summed E-state index contributed by atoms with van der Waals surface area (Å²) in [5, 5.41) is 0. The first kappa shape index (κ1) is 15.4. The summed E-state index contributed by atoms with van der Waals surface area (Å²) in [6.07, 6.45) is 3.81. The highest BCUT2D eigenvalue weighted by Gasteiger charge is 2.16. The minimum atomic E-state index is -0.00296. The molecule has 0 saturated heterocycles. The number of benzene rings is 2. The van der Waals surface area contributed by atoms with Gasteiger partial charge in [-0.2, -0.15) is 11.8 Å². The van der Waals surface area contributed by atoms with Crippen LogP contribution < -0.4 is 4.90 Å². The minimum Gasteiger partial charge on any atom is -0.305 e. The molecule has 0 N–H and O–H groups in total. The molecule has 0 spiro atoms. The van der Waals surface area contributed by atoms with Crippen LogP contribution in [0.25, 0.3) is 0 Å². The number of para-hydroxylation sites is 1. The molecule has 0 aliphatic heterocycles. The number of thioether (sulfide) groups is 1. The lowest BCUT2D eigenvalue weighted by Gasteiger charge is -2.21. The molecular weight excluding hydrogens is 278 g/mol. The summed E-state index contributed by atoms with van der Waals surface area (Å²) in [5.74, 6) is 0.959. The van der Waals surface area contributed by atoms with Crippen LogP contribution in [0.1, 0.15) is 15.9 Å². The summed E-state index contributed by atoms with van der Waals surface area (Å²) in [5.41, 5.74) is 2.81. The van der Waals surface area contributed by atoms with E-state index in [1.807, 2.05) is 54.6 Å². The molecule has 2 rings (SSSR count). The highest BCUT2D eigenvalue weighted by Crippen LogP contribution is 2.18. The molecule has 0 atom stereocenters. The summed E-state index contributed by atoms with van der Waals surface area (Å²) in [6.45, 7) is 4.24. The summed E-state index contributed by atoms with van der Waals surface area (Å²) >= 11 is 1.77. The third-order valence-corrected chi connectivity index (χ3v) is 3.76. The molecule has 0 aliphatic rings. The predicted molar refractivity (Wildman–Crippen MR) is 92.0 cm³/mol. The Morgan fingerprint density at radius 3 is 2.38 bits per heavy atom. The predicted octanol–water partition coefficient (Wildman–Crippen LogP) is 4.38. The quantitative estimate of drug-likeness (QED) is 0.737. The summed E-state index contributed by atoms with van der Waals surface area (Å²) < 4.78 is 0. The molecule has 21 heavy (non-hydrogen) atoms. The number of anilines is 1. The molecular formula is C18H19NOS. The Morgan fingerprint density at radius 2 is 1.81 bits per heavy atom. The molecule has 2 aromatic carbocycles. The lowest BCUT2D eigenvalue weighted by atomic mass is 10.1. The average molecular weight is 297 g/mol. The van der Waals surface area contributed by atoms with Crippen molar-refractivity contribution < 1.29 is 4.79 Å². The van der Waals surface area contributed by atoms with Crippen molar-refractivity contribution in [2.24, 2.45) is 0 Å². The fourth-order valence-electron chi connectivity index (χ4n) is 2.11. The molecule has 2 nitrogen and oxygen atoms in total. The highest BCUT2D eigenvalue weighted by molar-refractivity contribution is 7.97. The zero-order valence-corrected chi connectivity index (χ0v) is 13.0. The number of amides is 1. The van der Waals surface area contributed by atoms with Gasteiger partial charge in [-0.3, -0.25) is 4.79 Å². The van der Waals surface area contributed by atoms with Gasteiger partial charge in [0, 0.05) is 23.5 Å². The smallest absolute Gasteiger partial charge is 0.258 e. The Hall–Kier alpha value is -2.00. The molecule has 0 aliphatic carbocycles. The lowest BCUT2D eigenvalue weighted by Crippen LogP contribution is -2.30. The second-order valence-electron chi connectivity index (χ2n) is 4.67. The van der Waals surface area contributed by atoms with E-state index in [4.69, 9.17) is 0 Å². The maximum Gasteiger partial charge on any atom is 0.258 e. The fourth-order valence-corrected chi connectivity index (χ4v) is 2.63. The first-order valence-corrected chi connectivity index (χ1v) is 8.21. The summed E-state index contributed by atoms with van der Waals surface area (Å²) in [4.78, 5) is 14.4. The summed E-state index contributed by atoms with van der Waals surface area (Å²) in [7, 11) is 0. The van der Waals surface area contributed by atoms with Crippen molar-refractivity contribution in [2.75, 3.05) is 17.7 Å². The molecule has 1 amide bonds. The average Bonchev–Trinajstić information content (AvgIpc) is 2.54. The zero-order valence-electron chi connectivity index (χ0n) is 12.2. The Bertz CT molecular complexity index is 592. The molecule has 0 bridgehead atoms. The van der Waals surface area contributed by atoms with Crippen molar-refractivity contribution in [1.29, 1.82) is 0 Å². The van der Waals surface area contributed by atoms with E-state index in [2.05, 4.69) is 12.8 Å². The number of nitrogens with zero attached hydrogens (tertiary/aromatic N) is 1. The van der Waals surface area contributed by atoms with Gasteiger partial charge in [-0.15, -0.1) is 6.58 Å². The van der Waals surface area contributed by atoms with E-state index in [-0.39, 0.29) is 5.91 Å². The fraction of sp³-hybridized carbons (Fsp3) is 0.167. The summed E-state index contributed by atoms with van der Waals surface area (Å²) in [6, 6.07) is 17.5. The van der Waals surface area contributed by atoms with Gasteiger partial charge in [-0.05, 0) is 36.1 Å². The van der Waals surface area contributed by atoms with E-state index in [0.717, 1.165) is 11.4 Å². The number of rotatable bonds is 6. The molecule has 0 saturated carbocycles. The third kappa shape index (κ3) is 3.99. The monoisotopic (exact) mass is 297 g/mol. The van der Waals surface area contributed by atoms with E-state index in [9.17, 15) is 4.79 Å². The molecule has 2 aromatic rings. The van der Waals surface area contributed by atoms with Gasteiger partial charge in [0.25, 0.3) is 5.91 Å². The number of carbonyl (C=O) groups is 1. The van der Waals surface area contributed by atoms with E-state index in [0.29, 0.717) is 12.1 Å². The van der Waals surface area contributed by atoms with Gasteiger partial charge in [-0.1, -0.05) is 36.4 Å². The van der Waals surface area contributed by atoms with E-state index < -0.39 is 0 Å². The molecule has 3 heteroatoms. The third-order valence-electron chi connectivity index (χ3n) is 3.14. The number of hydrogen-bond donors (Lipinski definition) is 0. The van der Waals surface area contributed by atoms with Crippen LogP contribution >= 0.6 is 11.8 Å². The largest absolute Gasteiger partial charge is 0.305 e. The van der Waals surface area contributed by atoms with Gasteiger partial charge in [0.05, 0.1) is 0 Å². The van der Waals surface area contributed by atoms with Crippen molar-refractivity contribution in [3.8, 4) is 0 Å². The van der Waals surface area contributed by atoms with E-state index >= 15 is 0 Å². The van der Waals surface area contributed by atoms with Crippen molar-refractivity contribution in [2.45, 2.75) is 5.75 Å². The normalized spacial score (nSPS) is 10.1. The van der Waals surface area contributed by atoms with E-state index in [1.165, 1.54) is 5.56 Å².